The molecule has 1 aromatic rings. The van der Waals surface area contributed by atoms with Crippen LogP contribution in [-0.4, -0.2) is 39.3 Å². The predicted octanol–water partition coefficient (Wildman–Crippen LogP) is 3.31. The van der Waals surface area contributed by atoms with Gasteiger partial charge in [0.1, 0.15) is 5.82 Å². The van der Waals surface area contributed by atoms with E-state index in [-0.39, 0.29) is 35.2 Å². The predicted molar refractivity (Wildman–Crippen MR) is 108 cm³/mol. The summed E-state index contributed by atoms with van der Waals surface area (Å²) in [6, 6.07) is 6.94. The van der Waals surface area contributed by atoms with Crippen molar-refractivity contribution >= 4 is 29.9 Å². The van der Waals surface area contributed by atoms with Crippen LogP contribution in [0.3, 0.4) is 0 Å². The number of nitrogens with zero attached hydrogens (tertiary/aromatic N) is 1. The van der Waals surface area contributed by atoms with Gasteiger partial charge in [-0.2, -0.15) is 0 Å². The second kappa shape index (κ2) is 10.2. The van der Waals surface area contributed by atoms with Crippen molar-refractivity contribution in [1.82, 2.24) is 10.6 Å². The highest BCUT2D eigenvalue weighted by molar-refractivity contribution is 14.0. The maximum Gasteiger partial charge on any atom is 0.191 e. The van der Waals surface area contributed by atoms with E-state index in [0.717, 1.165) is 37.5 Å². The zero-order chi connectivity index (χ0) is 16.7. The Bertz CT molecular complexity index is 531. The molecule has 136 valence electrons. The minimum atomic E-state index is -0.185. The van der Waals surface area contributed by atoms with Crippen LogP contribution < -0.4 is 10.6 Å². The fourth-order valence-electron chi connectivity index (χ4n) is 2.92. The number of hydrogen-bond donors (Lipinski definition) is 2. The largest absolute Gasteiger partial charge is 0.381 e. The van der Waals surface area contributed by atoms with Crippen LogP contribution in [0.5, 0.6) is 0 Å². The molecule has 24 heavy (non-hydrogen) atoms. The Labute approximate surface area is 161 Å². The Kier molecular flexibility index (Phi) is 8.97. The summed E-state index contributed by atoms with van der Waals surface area (Å²) >= 11 is 0. The second-order valence-corrected chi connectivity index (χ2v) is 6.60. The normalized spacial score (nSPS) is 17.3. The molecule has 1 aliphatic heterocycles. The number of ether oxygens (including phenoxy) is 1. The fourth-order valence-corrected chi connectivity index (χ4v) is 2.92. The molecule has 1 saturated heterocycles. The topological polar surface area (TPSA) is 45.7 Å². The van der Waals surface area contributed by atoms with Crippen LogP contribution >= 0.6 is 24.0 Å². The summed E-state index contributed by atoms with van der Waals surface area (Å²) in [5.74, 6) is 1.16. The molecular weight excluding hydrogens is 420 g/mol. The van der Waals surface area contributed by atoms with Crippen LogP contribution in [0.25, 0.3) is 0 Å². The van der Waals surface area contributed by atoms with Gasteiger partial charge in [0.25, 0.3) is 0 Å². The van der Waals surface area contributed by atoms with Gasteiger partial charge in [0.2, 0.25) is 0 Å². The molecule has 0 amide bonds. The van der Waals surface area contributed by atoms with Crippen LogP contribution in [-0.2, 0) is 10.2 Å². The lowest BCUT2D eigenvalue weighted by molar-refractivity contribution is 0.0513. The molecule has 2 N–H and O–H groups in total. The molecule has 2 rings (SSSR count). The molecule has 0 saturated carbocycles. The number of hydrogen-bond acceptors (Lipinski definition) is 2. The number of halogens is 2. The Morgan fingerprint density at radius 3 is 2.58 bits per heavy atom. The van der Waals surface area contributed by atoms with Crippen LogP contribution in [0, 0.1) is 11.7 Å². The molecule has 1 heterocycles. The third kappa shape index (κ3) is 5.88. The Morgan fingerprint density at radius 1 is 1.29 bits per heavy atom. The van der Waals surface area contributed by atoms with E-state index in [1.165, 1.54) is 6.07 Å². The van der Waals surface area contributed by atoms with E-state index in [1.807, 2.05) is 6.07 Å². The summed E-state index contributed by atoms with van der Waals surface area (Å²) in [6.45, 7) is 7.32. The molecule has 0 spiro atoms. The first-order chi connectivity index (χ1) is 11.1. The maximum atomic E-state index is 13.7. The molecule has 0 atom stereocenters. The molecule has 0 unspecified atom stereocenters. The average molecular weight is 449 g/mol. The van der Waals surface area contributed by atoms with Gasteiger partial charge < -0.3 is 15.4 Å². The molecule has 4 nitrogen and oxygen atoms in total. The SMILES string of the molecule is CN=C(NCC(C)C)NCC1(c2cccc(F)c2)CCOCC1.I. The summed E-state index contributed by atoms with van der Waals surface area (Å²) in [4.78, 5) is 4.28. The van der Waals surface area contributed by atoms with E-state index in [9.17, 15) is 4.39 Å². The van der Waals surface area contributed by atoms with Gasteiger partial charge in [-0.15, -0.1) is 24.0 Å². The number of nitrogens with one attached hydrogen (secondary N) is 2. The molecule has 1 aliphatic rings. The van der Waals surface area contributed by atoms with Gasteiger partial charge in [0.15, 0.2) is 5.96 Å². The molecule has 1 fully saturated rings. The van der Waals surface area contributed by atoms with Gasteiger partial charge in [-0.1, -0.05) is 26.0 Å². The molecule has 6 heteroatoms. The molecular formula is C18H29FIN3O. The Balaban J connectivity index is 0.00000288. The van der Waals surface area contributed by atoms with Crippen molar-refractivity contribution in [2.24, 2.45) is 10.9 Å². The highest BCUT2D eigenvalue weighted by Gasteiger charge is 2.34. The standard InChI is InChI=1S/C18H28FN3O.HI/c1-14(2)12-21-17(20-3)22-13-18(7-9-23-10-8-18)15-5-4-6-16(19)11-15;/h4-6,11,14H,7-10,12-13H2,1-3H3,(H2,20,21,22);1H. The lowest BCUT2D eigenvalue weighted by atomic mass is 9.74. The van der Waals surface area contributed by atoms with E-state index < -0.39 is 0 Å². The highest BCUT2D eigenvalue weighted by Crippen LogP contribution is 2.34. The van der Waals surface area contributed by atoms with Crippen molar-refractivity contribution in [2.75, 3.05) is 33.4 Å². The van der Waals surface area contributed by atoms with Crippen molar-refractivity contribution in [3.05, 3.63) is 35.6 Å². The van der Waals surface area contributed by atoms with E-state index in [2.05, 4.69) is 29.5 Å². The number of benzene rings is 1. The summed E-state index contributed by atoms with van der Waals surface area (Å²) in [6.07, 6.45) is 1.76. The Hall–Kier alpha value is -0.890. The quantitative estimate of drug-likeness (QED) is 0.412. The number of rotatable bonds is 5. The molecule has 0 aliphatic carbocycles. The second-order valence-electron chi connectivity index (χ2n) is 6.60. The Morgan fingerprint density at radius 2 is 2.00 bits per heavy atom. The summed E-state index contributed by atoms with van der Waals surface area (Å²) in [7, 11) is 1.77. The lowest BCUT2D eigenvalue weighted by Gasteiger charge is -2.38. The third-order valence-corrected chi connectivity index (χ3v) is 4.38. The highest BCUT2D eigenvalue weighted by atomic mass is 127. The van der Waals surface area contributed by atoms with Crippen molar-refractivity contribution in [1.29, 1.82) is 0 Å². The van der Waals surface area contributed by atoms with E-state index >= 15 is 0 Å². The van der Waals surface area contributed by atoms with Crippen LogP contribution in [0.2, 0.25) is 0 Å². The summed E-state index contributed by atoms with van der Waals surface area (Å²) in [5, 5.41) is 6.74. The zero-order valence-electron chi connectivity index (χ0n) is 14.8. The minimum absolute atomic E-state index is 0. The molecule has 0 bridgehead atoms. The fraction of sp³-hybridized carbons (Fsp3) is 0.611. The first kappa shape index (κ1) is 21.2. The average Bonchev–Trinajstić information content (AvgIpc) is 2.55. The van der Waals surface area contributed by atoms with Gasteiger partial charge in [-0.25, -0.2) is 4.39 Å². The van der Waals surface area contributed by atoms with E-state index in [4.69, 9.17) is 4.74 Å². The van der Waals surface area contributed by atoms with Crippen molar-refractivity contribution in [3.8, 4) is 0 Å². The lowest BCUT2D eigenvalue weighted by Crippen LogP contribution is -2.48. The summed E-state index contributed by atoms with van der Waals surface area (Å²) in [5.41, 5.74) is 0.920. The first-order valence-electron chi connectivity index (χ1n) is 8.34. The van der Waals surface area contributed by atoms with Gasteiger partial charge in [-0.05, 0) is 36.5 Å². The van der Waals surface area contributed by atoms with E-state index in [0.29, 0.717) is 19.1 Å². The first-order valence-corrected chi connectivity index (χ1v) is 8.34. The third-order valence-electron chi connectivity index (χ3n) is 4.38. The van der Waals surface area contributed by atoms with Gasteiger partial charge in [-0.3, -0.25) is 4.99 Å². The zero-order valence-corrected chi connectivity index (χ0v) is 17.1. The van der Waals surface area contributed by atoms with Crippen LogP contribution in [0.15, 0.2) is 29.3 Å². The van der Waals surface area contributed by atoms with Crippen molar-refractivity contribution < 1.29 is 9.13 Å². The molecule has 1 aromatic carbocycles. The monoisotopic (exact) mass is 449 g/mol. The smallest absolute Gasteiger partial charge is 0.191 e. The van der Waals surface area contributed by atoms with E-state index in [1.54, 1.807) is 19.2 Å². The summed E-state index contributed by atoms with van der Waals surface area (Å²) < 4.78 is 19.2. The molecule has 0 aromatic heterocycles. The van der Waals surface area contributed by atoms with Crippen molar-refractivity contribution in [3.63, 3.8) is 0 Å². The van der Waals surface area contributed by atoms with Gasteiger partial charge >= 0.3 is 0 Å². The van der Waals surface area contributed by atoms with Crippen molar-refractivity contribution in [2.45, 2.75) is 32.1 Å². The van der Waals surface area contributed by atoms with Crippen LogP contribution in [0.1, 0.15) is 32.3 Å². The maximum absolute atomic E-state index is 13.7. The molecule has 0 radical (unpaired) electrons. The number of guanidine groups is 1. The van der Waals surface area contributed by atoms with Gasteiger partial charge in [0, 0.05) is 38.8 Å². The van der Waals surface area contributed by atoms with Gasteiger partial charge in [0.05, 0.1) is 0 Å². The number of aliphatic imine (C=N–C) groups is 1. The van der Waals surface area contributed by atoms with Crippen LogP contribution in [0.4, 0.5) is 4.39 Å². The minimum Gasteiger partial charge on any atom is -0.381 e.